The number of nitrogens with one attached hydrogen (secondary N) is 1. The van der Waals surface area contributed by atoms with E-state index in [4.69, 9.17) is 23.7 Å². The van der Waals surface area contributed by atoms with Gasteiger partial charge in [0.15, 0.2) is 17.2 Å². The molecule has 4 rings (SSSR count). The molecule has 0 saturated carbocycles. The summed E-state index contributed by atoms with van der Waals surface area (Å²) in [4.78, 5) is 14.8. The maximum absolute atomic E-state index is 13.6. The van der Waals surface area contributed by atoms with E-state index in [1.165, 1.54) is 41.6 Å². The van der Waals surface area contributed by atoms with Crippen molar-refractivity contribution in [2.24, 2.45) is 14.1 Å². The number of imidazole rings is 1. The standard InChI is InChI=1S/C32H42N4O8S.ClH/c1-8-14-42-22-16-23(43-15-10-9-13-34(2)3)18-24(17-22)44-30-21-28-27(35(4)32(37)36(28)5)20-26(30)33-45(38,39)25-11-12-29(40-6)31(19-25)41-7;/h11-12,16-21,33H,8-10,13-15H2,1-7H3;1H. The molecule has 46 heavy (non-hydrogen) atoms. The molecule has 252 valence electrons. The van der Waals surface area contributed by atoms with Crippen LogP contribution in [0.4, 0.5) is 5.69 Å². The second kappa shape index (κ2) is 16.0. The molecule has 0 atom stereocenters. The molecule has 1 N–H and O–H groups in total. The van der Waals surface area contributed by atoms with Crippen molar-refractivity contribution < 1.29 is 32.1 Å². The highest BCUT2D eigenvalue weighted by molar-refractivity contribution is 7.92. The van der Waals surface area contributed by atoms with E-state index in [2.05, 4.69) is 9.62 Å². The monoisotopic (exact) mass is 678 g/mol. The number of hydrogen-bond acceptors (Lipinski definition) is 9. The average Bonchev–Trinajstić information content (AvgIpc) is 3.22. The van der Waals surface area contributed by atoms with Gasteiger partial charge in [-0.1, -0.05) is 6.92 Å². The zero-order chi connectivity index (χ0) is 32.7. The van der Waals surface area contributed by atoms with Crippen LogP contribution in [0.2, 0.25) is 0 Å². The molecule has 14 heteroatoms. The molecule has 0 fully saturated rings. The summed E-state index contributed by atoms with van der Waals surface area (Å²) in [6, 6.07) is 12.8. The predicted molar refractivity (Wildman–Crippen MR) is 181 cm³/mol. The molecule has 0 radical (unpaired) electrons. The Hall–Kier alpha value is -4.07. The molecule has 1 aromatic heterocycles. The van der Waals surface area contributed by atoms with E-state index < -0.39 is 10.0 Å². The smallest absolute Gasteiger partial charge is 0.328 e. The van der Waals surface area contributed by atoms with Crippen LogP contribution in [-0.2, 0) is 24.1 Å². The number of benzene rings is 3. The first-order valence-electron chi connectivity index (χ1n) is 14.6. The summed E-state index contributed by atoms with van der Waals surface area (Å²) in [5.74, 6) is 2.32. The van der Waals surface area contributed by atoms with Crippen molar-refractivity contribution in [3.63, 3.8) is 0 Å². The van der Waals surface area contributed by atoms with Gasteiger partial charge in [0.25, 0.3) is 10.0 Å². The molecule has 12 nitrogen and oxygen atoms in total. The van der Waals surface area contributed by atoms with Crippen LogP contribution in [0.5, 0.6) is 34.5 Å². The van der Waals surface area contributed by atoms with Crippen LogP contribution < -0.4 is 34.1 Å². The molecule has 3 aromatic carbocycles. The fourth-order valence-electron chi connectivity index (χ4n) is 4.72. The Labute approximate surface area is 276 Å². The van der Waals surface area contributed by atoms with Crippen LogP contribution in [0.3, 0.4) is 0 Å². The molecular formula is C32H43ClN4O8S. The molecule has 0 aliphatic heterocycles. The van der Waals surface area contributed by atoms with Gasteiger partial charge in [0.2, 0.25) is 0 Å². The van der Waals surface area contributed by atoms with Crippen LogP contribution in [0.1, 0.15) is 26.2 Å². The van der Waals surface area contributed by atoms with Gasteiger partial charge in [-0.05, 0) is 58.1 Å². The van der Waals surface area contributed by atoms with Crippen molar-refractivity contribution in [2.45, 2.75) is 31.1 Å². The summed E-state index contributed by atoms with van der Waals surface area (Å²) in [6.07, 6.45) is 2.67. The van der Waals surface area contributed by atoms with Crippen LogP contribution >= 0.6 is 12.4 Å². The summed E-state index contributed by atoms with van der Waals surface area (Å²) < 4.78 is 61.7. The number of aromatic nitrogens is 2. The highest BCUT2D eigenvalue weighted by Gasteiger charge is 2.22. The van der Waals surface area contributed by atoms with Crippen LogP contribution in [-0.4, -0.2) is 70.5 Å². The van der Waals surface area contributed by atoms with E-state index >= 15 is 0 Å². The number of nitrogens with zero attached hydrogens (tertiary/aromatic N) is 3. The lowest BCUT2D eigenvalue weighted by Gasteiger charge is -2.17. The Bertz CT molecular complexity index is 1800. The number of fused-ring (bicyclic) bond motifs is 1. The third-order valence-corrected chi connectivity index (χ3v) is 8.47. The largest absolute Gasteiger partial charge is 0.493 e. The fourth-order valence-corrected chi connectivity index (χ4v) is 5.79. The quantitative estimate of drug-likeness (QED) is 0.155. The van der Waals surface area contributed by atoms with Crippen LogP contribution in [0.25, 0.3) is 11.0 Å². The highest BCUT2D eigenvalue weighted by atomic mass is 35.5. The summed E-state index contributed by atoms with van der Waals surface area (Å²) in [6.45, 7) is 3.99. The maximum atomic E-state index is 13.6. The second-order valence-corrected chi connectivity index (χ2v) is 12.5. The second-order valence-electron chi connectivity index (χ2n) is 10.8. The zero-order valence-electron chi connectivity index (χ0n) is 27.3. The molecule has 0 unspecified atom stereocenters. The van der Waals surface area contributed by atoms with Crippen LogP contribution in [0, 0.1) is 0 Å². The third kappa shape index (κ3) is 8.59. The average molecular weight is 679 g/mol. The fraction of sp³-hybridized carbons (Fsp3) is 0.406. The first-order valence-corrected chi connectivity index (χ1v) is 16.1. The number of ether oxygens (including phenoxy) is 5. The van der Waals surface area contributed by atoms with E-state index in [0.717, 1.165) is 25.8 Å². The highest BCUT2D eigenvalue weighted by Crippen LogP contribution is 2.38. The first kappa shape index (κ1) is 36.4. The van der Waals surface area contributed by atoms with E-state index in [0.29, 0.717) is 47.2 Å². The first-order chi connectivity index (χ1) is 21.5. The van der Waals surface area contributed by atoms with Gasteiger partial charge >= 0.3 is 5.69 Å². The molecular weight excluding hydrogens is 636 g/mol. The van der Waals surface area contributed by atoms with Crippen molar-refractivity contribution in [1.82, 2.24) is 14.0 Å². The number of rotatable bonds is 16. The van der Waals surface area contributed by atoms with Gasteiger partial charge in [-0.25, -0.2) is 13.2 Å². The van der Waals surface area contributed by atoms with Crippen molar-refractivity contribution in [3.8, 4) is 34.5 Å². The lowest BCUT2D eigenvalue weighted by molar-refractivity contribution is 0.285. The topological polar surface area (TPSA) is 122 Å². The van der Waals surface area contributed by atoms with Gasteiger partial charge in [-0.3, -0.25) is 13.9 Å². The molecule has 4 aromatic rings. The predicted octanol–water partition coefficient (Wildman–Crippen LogP) is 5.42. The summed E-state index contributed by atoms with van der Waals surface area (Å²) in [7, 11) is 6.09. The van der Waals surface area contributed by atoms with Crippen LogP contribution in [0.15, 0.2) is 58.2 Å². The minimum atomic E-state index is -4.14. The van der Waals surface area contributed by atoms with Gasteiger partial charge < -0.3 is 28.6 Å². The van der Waals surface area contributed by atoms with Crippen molar-refractivity contribution >= 4 is 39.2 Å². The molecule has 1 heterocycles. The minimum Gasteiger partial charge on any atom is -0.493 e. The van der Waals surface area contributed by atoms with Gasteiger partial charge in [0, 0.05) is 44.4 Å². The van der Waals surface area contributed by atoms with E-state index in [-0.39, 0.29) is 40.2 Å². The van der Waals surface area contributed by atoms with Crippen molar-refractivity contribution in [1.29, 1.82) is 0 Å². The van der Waals surface area contributed by atoms with Gasteiger partial charge in [0.05, 0.1) is 49.0 Å². The van der Waals surface area contributed by atoms with E-state index in [1.807, 2.05) is 21.0 Å². The van der Waals surface area contributed by atoms with Gasteiger partial charge in [-0.2, -0.15) is 0 Å². The Balaban J connectivity index is 0.00000576. The Morgan fingerprint density at radius 1 is 0.783 bits per heavy atom. The number of unbranched alkanes of at least 4 members (excludes halogenated alkanes) is 1. The molecule has 0 aliphatic rings. The normalized spacial score (nSPS) is 11.3. The lowest BCUT2D eigenvalue weighted by Crippen LogP contribution is -2.19. The molecule has 0 aliphatic carbocycles. The molecule has 0 spiro atoms. The number of methoxy groups -OCH3 is 2. The van der Waals surface area contributed by atoms with Gasteiger partial charge in [-0.15, -0.1) is 12.4 Å². The molecule has 0 amide bonds. The third-order valence-electron chi connectivity index (χ3n) is 7.11. The molecule has 0 bridgehead atoms. The number of aryl methyl sites for hydroxylation is 2. The molecule has 0 saturated heterocycles. The Kier molecular flexibility index (Phi) is 12.6. The summed E-state index contributed by atoms with van der Waals surface area (Å²) in [5, 5.41) is 0. The number of hydrogen-bond donors (Lipinski definition) is 1. The summed E-state index contributed by atoms with van der Waals surface area (Å²) in [5.41, 5.74) is 0.934. The summed E-state index contributed by atoms with van der Waals surface area (Å²) >= 11 is 0. The van der Waals surface area contributed by atoms with E-state index in [1.54, 1.807) is 44.4 Å². The Morgan fingerprint density at radius 3 is 2.00 bits per heavy atom. The number of halogens is 1. The maximum Gasteiger partial charge on any atom is 0.328 e. The lowest BCUT2D eigenvalue weighted by atomic mass is 10.2. The van der Waals surface area contributed by atoms with Gasteiger partial charge in [0.1, 0.15) is 17.2 Å². The zero-order valence-corrected chi connectivity index (χ0v) is 28.9. The number of sulfonamides is 1. The van der Waals surface area contributed by atoms with Crippen molar-refractivity contribution in [3.05, 3.63) is 59.0 Å². The Morgan fingerprint density at radius 2 is 1.39 bits per heavy atom. The van der Waals surface area contributed by atoms with Crippen molar-refractivity contribution in [2.75, 3.05) is 52.8 Å². The number of anilines is 1. The van der Waals surface area contributed by atoms with E-state index in [9.17, 15) is 13.2 Å². The minimum absolute atomic E-state index is 0. The SMILES string of the molecule is CCCOc1cc(OCCCCN(C)C)cc(Oc2cc3c(cc2NS(=O)(=O)c2ccc(OC)c(OC)c2)n(C)c(=O)n3C)c1.Cl.